The summed E-state index contributed by atoms with van der Waals surface area (Å²) in [5, 5.41) is 5.33. The number of carbonyl (C=O) groups excluding carboxylic acids is 1. The zero-order chi connectivity index (χ0) is 19.7. The second-order valence-electron chi connectivity index (χ2n) is 6.17. The van der Waals surface area contributed by atoms with Crippen molar-refractivity contribution in [3.63, 3.8) is 0 Å². The van der Waals surface area contributed by atoms with E-state index < -0.39 is 9.84 Å². The van der Waals surface area contributed by atoms with Gasteiger partial charge in [0, 0.05) is 22.6 Å². The van der Waals surface area contributed by atoms with Gasteiger partial charge in [-0.1, -0.05) is 36.4 Å². The van der Waals surface area contributed by atoms with E-state index in [1.807, 2.05) is 18.2 Å². The summed E-state index contributed by atoms with van der Waals surface area (Å²) >= 11 is 1.34. The lowest BCUT2D eigenvalue weighted by atomic mass is 10.1. The Morgan fingerprint density at radius 3 is 2.61 bits per heavy atom. The first-order valence-electron chi connectivity index (χ1n) is 8.32. The summed E-state index contributed by atoms with van der Waals surface area (Å²) in [6.45, 7) is 0. The number of carbonyl (C=O) groups is 1. The fourth-order valence-electron chi connectivity index (χ4n) is 2.91. The van der Waals surface area contributed by atoms with Crippen molar-refractivity contribution in [3.8, 4) is 11.3 Å². The molecule has 2 aromatic carbocycles. The van der Waals surface area contributed by atoms with Crippen molar-refractivity contribution in [2.24, 2.45) is 0 Å². The van der Waals surface area contributed by atoms with Crippen molar-refractivity contribution < 1.29 is 13.2 Å². The average Bonchev–Trinajstić information content (AvgIpc) is 3.22. The molecule has 0 unspecified atom stereocenters. The Morgan fingerprint density at radius 1 is 1.04 bits per heavy atom. The fourth-order valence-corrected chi connectivity index (χ4v) is 4.34. The predicted molar refractivity (Wildman–Crippen MR) is 110 cm³/mol. The third-order valence-corrected chi connectivity index (χ3v) is 5.94. The number of fused-ring (bicyclic) bond motifs is 1. The number of amides is 1. The van der Waals surface area contributed by atoms with Gasteiger partial charge in [0.25, 0.3) is 5.91 Å². The van der Waals surface area contributed by atoms with Crippen LogP contribution in [0.15, 0.2) is 70.4 Å². The van der Waals surface area contributed by atoms with Crippen LogP contribution in [0.1, 0.15) is 10.5 Å². The van der Waals surface area contributed by atoms with E-state index in [4.69, 9.17) is 0 Å². The number of benzene rings is 2. The maximum Gasteiger partial charge on any atom is 0.275 e. The van der Waals surface area contributed by atoms with E-state index in [0.29, 0.717) is 28.2 Å². The maximum absolute atomic E-state index is 12.4. The zero-order valence-electron chi connectivity index (χ0n) is 14.8. The highest BCUT2D eigenvalue weighted by Gasteiger charge is 2.16. The topological polar surface area (TPSA) is 89.0 Å². The normalized spacial score (nSPS) is 11.5. The molecule has 1 amide bonds. The third-order valence-electron chi connectivity index (χ3n) is 4.20. The minimum absolute atomic E-state index is 0.214. The molecular formula is C20H15N3O3S2. The summed E-state index contributed by atoms with van der Waals surface area (Å²) in [6.07, 6.45) is 1.17. The van der Waals surface area contributed by atoms with Crippen LogP contribution in [0.5, 0.6) is 0 Å². The standard InChI is InChI=1S/C20H15N3O3S2/c1-28(25,26)18-8-3-2-6-14(18)15-10-9-13-5-4-7-16(19(13)22-15)23-20(24)17-11-27-12-21-17/h2-12H,1H3,(H,23,24). The summed E-state index contributed by atoms with van der Waals surface area (Å²) in [5.74, 6) is -0.322. The quantitative estimate of drug-likeness (QED) is 0.550. The van der Waals surface area contributed by atoms with E-state index in [2.05, 4.69) is 15.3 Å². The molecule has 0 aliphatic rings. The molecule has 28 heavy (non-hydrogen) atoms. The number of anilines is 1. The molecule has 0 spiro atoms. The third kappa shape index (κ3) is 3.51. The van der Waals surface area contributed by atoms with Crippen LogP contribution in [-0.4, -0.2) is 30.5 Å². The fraction of sp³-hybridized carbons (Fsp3) is 0.0500. The molecule has 0 bridgehead atoms. The predicted octanol–water partition coefficient (Wildman–Crippen LogP) is 4.01. The van der Waals surface area contributed by atoms with Crippen LogP contribution >= 0.6 is 11.3 Å². The molecule has 0 fully saturated rings. The molecule has 0 atom stereocenters. The molecule has 4 aromatic rings. The monoisotopic (exact) mass is 409 g/mol. The first kappa shape index (κ1) is 18.3. The number of pyridine rings is 1. The van der Waals surface area contributed by atoms with Crippen molar-refractivity contribution in [2.45, 2.75) is 4.90 Å². The van der Waals surface area contributed by atoms with Gasteiger partial charge in [0.15, 0.2) is 9.84 Å². The molecule has 0 aliphatic carbocycles. The van der Waals surface area contributed by atoms with Gasteiger partial charge in [-0.2, -0.15) is 0 Å². The molecule has 0 aliphatic heterocycles. The largest absolute Gasteiger partial charge is 0.319 e. The van der Waals surface area contributed by atoms with Crippen molar-refractivity contribution in [1.82, 2.24) is 9.97 Å². The summed E-state index contributed by atoms with van der Waals surface area (Å²) in [7, 11) is -3.41. The SMILES string of the molecule is CS(=O)(=O)c1ccccc1-c1ccc2cccc(NC(=O)c3cscn3)c2n1. The number of rotatable bonds is 4. The van der Waals surface area contributed by atoms with Crippen molar-refractivity contribution in [2.75, 3.05) is 11.6 Å². The van der Waals surface area contributed by atoms with Gasteiger partial charge in [-0.15, -0.1) is 11.3 Å². The number of thiazole rings is 1. The van der Waals surface area contributed by atoms with E-state index in [0.717, 1.165) is 5.39 Å². The molecule has 4 rings (SSSR count). The van der Waals surface area contributed by atoms with E-state index in [9.17, 15) is 13.2 Å². The molecule has 140 valence electrons. The minimum atomic E-state index is -3.41. The first-order valence-corrected chi connectivity index (χ1v) is 11.2. The van der Waals surface area contributed by atoms with Gasteiger partial charge in [-0.3, -0.25) is 4.79 Å². The number of hydrogen-bond acceptors (Lipinski definition) is 6. The second kappa shape index (κ2) is 7.14. The van der Waals surface area contributed by atoms with E-state index in [1.165, 1.54) is 17.6 Å². The van der Waals surface area contributed by atoms with E-state index in [-0.39, 0.29) is 10.8 Å². The lowest BCUT2D eigenvalue weighted by molar-refractivity contribution is 0.102. The van der Waals surface area contributed by atoms with Crippen LogP contribution in [0.25, 0.3) is 22.2 Å². The van der Waals surface area contributed by atoms with Gasteiger partial charge in [0.05, 0.1) is 27.3 Å². The Morgan fingerprint density at radius 2 is 1.86 bits per heavy atom. The maximum atomic E-state index is 12.4. The summed E-state index contributed by atoms with van der Waals surface area (Å²) in [6, 6.07) is 15.8. The number of sulfone groups is 1. The van der Waals surface area contributed by atoms with Crippen LogP contribution in [0.2, 0.25) is 0 Å². The number of aromatic nitrogens is 2. The highest BCUT2D eigenvalue weighted by atomic mass is 32.2. The lowest BCUT2D eigenvalue weighted by Gasteiger charge is -2.11. The highest BCUT2D eigenvalue weighted by Crippen LogP contribution is 2.30. The minimum Gasteiger partial charge on any atom is -0.319 e. The van der Waals surface area contributed by atoms with Crippen molar-refractivity contribution >= 4 is 43.7 Å². The van der Waals surface area contributed by atoms with Crippen LogP contribution in [0.3, 0.4) is 0 Å². The van der Waals surface area contributed by atoms with Gasteiger partial charge in [0.2, 0.25) is 0 Å². The average molecular weight is 409 g/mol. The number of para-hydroxylation sites is 1. The Kier molecular flexibility index (Phi) is 4.66. The van der Waals surface area contributed by atoms with Crippen LogP contribution in [-0.2, 0) is 9.84 Å². The number of nitrogens with one attached hydrogen (secondary N) is 1. The van der Waals surface area contributed by atoms with Crippen molar-refractivity contribution in [3.05, 3.63) is 71.2 Å². The van der Waals surface area contributed by atoms with Crippen LogP contribution < -0.4 is 5.32 Å². The number of nitrogens with zero attached hydrogens (tertiary/aromatic N) is 2. The van der Waals surface area contributed by atoms with Crippen LogP contribution in [0.4, 0.5) is 5.69 Å². The van der Waals surface area contributed by atoms with E-state index >= 15 is 0 Å². The Hall–Kier alpha value is -3.10. The van der Waals surface area contributed by atoms with Gasteiger partial charge in [-0.25, -0.2) is 18.4 Å². The van der Waals surface area contributed by atoms with Crippen LogP contribution in [0, 0.1) is 0 Å². The number of hydrogen-bond donors (Lipinski definition) is 1. The first-order chi connectivity index (χ1) is 13.4. The molecule has 1 N–H and O–H groups in total. The lowest BCUT2D eigenvalue weighted by Crippen LogP contribution is -2.12. The molecular weight excluding hydrogens is 394 g/mol. The Bertz CT molecular complexity index is 1280. The molecule has 6 nitrogen and oxygen atoms in total. The molecule has 2 aromatic heterocycles. The summed E-state index contributed by atoms with van der Waals surface area (Å²) in [4.78, 5) is 21.3. The van der Waals surface area contributed by atoms with Gasteiger partial charge < -0.3 is 5.32 Å². The smallest absolute Gasteiger partial charge is 0.275 e. The van der Waals surface area contributed by atoms with Gasteiger partial charge in [0.1, 0.15) is 5.69 Å². The van der Waals surface area contributed by atoms with E-state index in [1.54, 1.807) is 47.3 Å². The molecule has 0 radical (unpaired) electrons. The molecule has 0 saturated heterocycles. The summed E-state index contributed by atoms with van der Waals surface area (Å²) in [5.41, 5.74) is 4.08. The molecule has 2 heterocycles. The van der Waals surface area contributed by atoms with Gasteiger partial charge in [-0.05, 0) is 18.2 Å². The Labute approximate surface area is 165 Å². The zero-order valence-corrected chi connectivity index (χ0v) is 16.4. The second-order valence-corrected chi connectivity index (χ2v) is 8.87. The Balaban J connectivity index is 1.83. The molecule has 0 saturated carbocycles. The van der Waals surface area contributed by atoms with Gasteiger partial charge >= 0.3 is 0 Å². The van der Waals surface area contributed by atoms with Crippen molar-refractivity contribution in [1.29, 1.82) is 0 Å². The highest BCUT2D eigenvalue weighted by molar-refractivity contribution is 7.90. The molecule has 8 heteroatoms. The summed E-state index contributed by atoms with van der Waals surface area (Å²) < 4.78 is 24.3.